The van der Waals surface area contributed by atoms with Crippen LogP contribution in [0.1, 0.15) is 10.4 Å². The smallest absolute Gasteiger partial charge is 0.152 e. The van der Waals surface area contributed by atoms with Crippen LogP contribution in [-0.2, 0) is 0 Å². The Kier molecular flexibility index (Phi) is 2.52. The standard InChI is InChI=1S/C7H5BrClNO/c8-6-5(9)2-1-4(3-11)7(6)10/h1-3H,10H2. The molecule has 0 radical (unpaired) electrons. The summed E-state index contributed by atoms with van der Waals surface area (Å²) < 4.78 is 0.573. The third-order valence-corrected chi connectivity index (χ3v) is 2.69. The number of carbonyl (C=O) groups is 1. The fraction of sp³-hybridized carbons (Fsp3) is 0. The molecule has 11 heavy (non-hydrogen) atoms. The van der Waals surface area contributed by atoms with Crippen molar-refractivity contribution in [2.45, 2.75) is 0 Å². The molecule has 0 unspecified atom stereocenters. The molecule has 0 saturated carbocycles. The van der Waals surface area contributed by atoms with Gasteiger partial charge in [-0.3, -0.25) is 4.79 Å². The summed E-state index contributed by atoms with van der Waals surface area (Å²) in [5, 5.41) is 0.508. The predicted molar refractivity (Wildman–Crippen MR) is 49.0 cm³/mol. The highest BCUT2D eigenvalue weighted by Crippen LogP contribution is 2.30. The van der Waals surface area contributed by atoms with Gasteiger partial charge in [-0.25, -0.2) is 0 Å². The lowest BCUT2D eigenvalue weighted by molar-refractivity contribution is 0.112. The van der Waals surface area contributed by atoms with Gasteiger partial charge < -0.3 is 5.73 Å². The van der Waals surface area contributed by atoms with Gasteiger partial charge in [0.2, 0.25) is 0 Å². The molecular weight excluding hydrogens is 229 g/mol. The van der Waals surface area contributed by atoms with Crippen molar-refractivity contribution < 1.29 is 4.79 Å². The molecular formula is C7H5BrClNO. The zero-order valence-corrected chi connectivity index (χ0v) is 7.82. The molecule has 2 N–H and O–H groups in total. The first-order chi connectivity index (χ1) is 5.16. The molecule has 0 aliphatic rings. The molecule has 0 atom stereocenters. The molecule has 0 fully saturated rings. The van der Waals surface area contributed by atoms with Crippen LogP contribution in [0.2, 0.25) is 5.02 Å². The third kappa shape index (κ3) is 1.54. The second-order valence-electron chi connectivity index (χ2n) is 1.98. The van der Waals surface area contributed by atoms with E-state index in [0.717, 1.165) is 0 Å². The van der Waals surface area contributed by atoms with E-state index in [4.69, 9.17) is 17.3 Å². The van der Waals surface area contributed by atoms with Gasteiger partial charge in [-0.05, 0) is 28.1 Å². The van der Waals surface area contributed by atoms with Crippen LogP contribution in [0.3, 0.4) is 0 Å². The number of hydrogen-bond acceptors (Lipinski definition) is 2. The summed E-state index contributed by atoms with van der Waals surface area (Å²) in [6.07, 6.45) is 0.691. The second kappa shape index (κ2) is 3.24. The summed E-state index contributed by atoms with van der Waals surface area (Å²) in [6, 6.07) is 3.20. The number of anilines is 1. The lowest BCUT2D eigenvalue weighted by atomic mass is 10.2. The summed E-state index contributed by atoms with van der Waals surface area (Å²) in [5.41, 5.74) is 6.36. The minimum atomic E-state index is 0.382. The van der Waals surface area contributed by atoms with E-state index in [0.29, 0.717) is 27.0 Å². The van der Waals surface area contributed by atoms with E-state index < -0.39 is 0 Å². The van der Waals surface area contributed by atoms with Gasteiger partial charge in [0.05, 0.1) is 15.2 Å². The number of halogens is 2. The van der Waals surface area contributed by atoms with Crippen molar-refractivity contribution in [2.24, 2.45) is 0 Å². The Balaban J connectivity index is 3.36. The van der Waals surface area contributed by atoms with Gasteiger partial charge in [0, 0.05) is 5.56 Å². The Hall–Kier alpha value is -0.540. The van der Waals surface area contributed by atoms with Crippen LogP contribution < -0.4 is 5.73 Å². The van der Waals surface area contributed by atoms with Gasteiger partial charge in [-0.15, -0.1) is 0 Å². The van der Waals surface area contributed by atoms with Crippen molar-refractivity contribution in [1.82, 2.24) is 0 Å². The lowest BCUT2D eigenvalue weighted by Crippen LogP contribution is -1.93. The van der Waals surface area contributed by atoms with Crippen molar-refractivity contribution in [3.05, 3.63) is 27.2 Å². The fourth-order valence-corrected chi connectivity index (χ4v) is 1.21. The van der Waals surface area contributed by atoms with E-state index in [9.17, 15) is 4.79 Å². The summed E-state index contributed by atoms with van der Waals surface area (Å²) in [5.74, 6) is 0. The highest BCUT2D eigenvalue weighted by atomic mass is 79.9. The molecule has 0 bridgehead atoms. The molecule has 1 aromatic rings. The summed E-state index contributed by atoms with van der Waals surface area (Å²) >= 11 is 8.86. The van der Waals surface area contributed by atoms with Crippen LogP contribution >= 0.6 is 27.5 Å². The molecule has 0 amide bonds. The van der Waals surface area contributed by atoms with Crippen molar-refractivity contribution >= 4 is 39.5 Å². The van der Waals surface area contributed by atoms with Crippen LogP contribution in [0.25, 0.3) is 0 Å². The Morgan fingerprint density at radius 2 is 2.18 bits per heavy atom. The minimum absolute atomic E-state index is 0.382. The number of nitrogens with two attached hydrogens (primary N) is 1. The second-order valence-corrected chi connectivity index (χ2v) is 3.18. The minimum Gasteiger partial charge on any atom is -0.397 e. The molecule has 0 aliphatic carbocycles. The number of hydrogen-bond donors (Lipinski definition) is 1. The zero-order valence-electron chi connectivity index (χ0n) is 5.47. The van der Waals surface area contributed by atoms with E-state index in [1.165, 1.54) is 0 Å². The van der Waals surface area contributed by atoms with Crippen LogP contribution in [0, 0.1) is 0 Å². The van der Waals surface area contributed by atoms with Gasteiger partial charge in [-0.2, -0.15) is 0 Å². The molecule has 0 aromatic heterocycles. The maximum absolute atomic E-state index is 10.3. The zero-order chi connectivity index (χ0) is 8.43. The average molecular weight is 234 g/mol. The summed E-state index contributed by atoms with van der Waals surface area (Å²) in [4.78, 5) is 10.3. The average Bonchev–Trinajstić information content (AvgIpc) is 2.01. The third-order valence-electron chi connectivity index (χ3n) is 1.29. The SMILES string of the molecule is Nc1c(C=O)ccc(Cl)c1Br. The molecule has 0 heterocycles. The Morgan fingerprint density at radius 1 is 1.55 bits per heavy atom. The first-order valence-electron chi connectivity index (χ1n) is 2.85. The Morgan fingerprint density at radius 3 is 2.73 bits per heavy atom. The number of nitrogen functional groups attached to an aromatic ring is 1. The lowest BCUT2D eigenvalue weighted by Gasteiger charge is -2.01. The van der Waals surface area contributed by atoms with Gasteiger partial charge in [0.15, 0.2) is 6.29 Å². The van der Waals surface area contributed by atoms with Crippen molar-refractivity contribution in [3.63, 3.8) is 0 Å². The van der Waals surface area contributed by atoms with Crippen molar-refractivity contribution in [1.29, 1.82) is 0 Å². The summed E-state index contributed by atoms with van der Waals surface area (Å²) in [6.45, 7) is 0. The monoisotopic (exact) mass is 233 g/mol. The topological polar surface area (TPSA) is 43.1 Å². The highest BCUT2D eigenvalue weighted by Gasteiger charge is 2.04. The Labute approximate surface area is 77.5 Å². The maximum Gasteiger partial charge on any atom is 0.152 e. The Bertz CT molecular complexity index is 301. The fourth-order valence-electron chi connectivity index (χ4n) is 0.684. The van der Waals surface area contributed by atoms with Gasteiger partial charge in [0.1, 0.15) is 0 Å². The van der Waals surface area contributed by atoms with Gasteiger partial charge in [0.25, 0.3) is 0 Å². The highest BCUT2D eigenvalue weighted by molar-refractivity contribution is 9.10. The first kappa shape index (κ1) is 8.56. The van der Waals surface area contributed by atoms with E-state index in [-0.39, 0.29) is 0 Å². The van der Waals surface area contributed by atoms with Crippen molar-refractivity contribution in [2.75, 3.05) is 5.73 Å². The molecule has 58 valence electrons. The van der Waals surface area contributed by atoms with Crippen LogP contribution in [0.5, 0.6) is 0 Å². The number of rotatable bonds is 1. The van der Waals surface area contributed by atoms with Crippen molar-refractivity contribution in [3.8, 4) is 0 Å². The van der Waals surface area contributed by atoms with Crippen LogP contribution in [0.15, 0.2) is 16.6 Å². The molecule has 1 aromatic carbocycles. The van der Waals surface area contributed by atoms with Gasteiger partial charge in [-0.1, -0.05) is 11.6 Å². The largest absolute Gasteiger partial charge is 0.397 e. The quantitative estimate of drug-likeness (QED) is 0.599. The number of aldehydes is 1. The normalized spacial score (nSPS) is 9.64. The molecule has 0 spiro atoms. The predicted octanol–water partition coefficient (Wildman–Crippen LogP) is 2.50. The van der Waals surface area contributed by atoms with E-state index in [1.54, 1.807) is 12.1 Å². The molecule has 1 rings (SSSR count). The van der Waals surface area contributed by atoms with E-state index in [2.05, 4.69) is 15.9 Å². The molecule has 0 aliphatic heterocycles. The number of benzene rings is 1. The van der Waals surface area contributed by atoms with Crippen LogP contribution in [0.4, 0.5) is 5.69 Å². The molecule has 0 saturated heterocycles. The van der Waals surface area contributed by atoms with E-state index >= 15 is 0 Å². The van der Waals surface area contributed by atoms with Gasteiger partial charge >= 0.3 is 0 Å². The maximum atomic E-state index is 10.3. The summed E-state index contributed by atoms with van der Waals surface area (Å²) in [7, 11) is 0. The number of carbonyl (C=O) groups excluding carboxylic acids is 1. The van der Waals surface area contributed by atoms with Crippen LogP contribution in [-0.4, -0.2) is 6.29 Å². The first-order valence-corrected chi connectivity index (χ1v) is 4.02. The van der Waals surface area contributed by atoms with E-state index in [1.807, 2.05) is 0 Å². The molecule has 2 nitrogen and oxygen atoms in total. The molecule has 4 heteroatoms.